The molecule has 0 saturated carbocycles. The van der Waals surface area contributed by atoms with Crippen LogP contribution >= 0.6 is 11.6 Å². The van der Waals surface area contributed by atoms with E-state index in [4.69, 9.17) is 22.1 Å². The van der Waals surface area contributed by atoms with Crippen LogP contribution in [0.25, 0.3) is 10.8 Å². The van der Waals surface area contributed by atoms with Crippen LogP contribution in [0.5, 0.6) is 11.5 Å². The summed E-state index contributed by atoms with van der Waals surface area (Å²) in [5.41, 5.74) is 6.45. The van der Waals surface area contributed by atoms with Gasteiger partial charge in [0.25, 0.3) is 0 Å². The summed E-state index contributed by atoms with van der Waals surface area (Å²) in [5, 5.41) is 2.74. The van der Waals surface area contributed by atoms with Crippen LogP contribution in [0.2, 0.25) is 5.02 Å². The Labute approximate surface area is 116 Å². The standard InChI is InChI=1S/C16H12ClNO/c17-13-9-11-5-1-2-6-12(11)10-16(13)19-15-8-4-3-7-14(15)18/h1-10H,18H2. The molecule has 0 aliphatic rings. The van der Waals surface area contributed by atoms with Crippen molar-refractivity contribution in [2.45, 2.75) is 0 Å². The molecule has 0 aliphatic heterocycles. The quantitative estimate of drug-likeness (QED) is 0.674. The van der Waals surface area contributed by atoms with Crippen LogP contribution in [-0.2, 0) is 0 Å². The lowest BCUT2D eigenvalue weighted by Crippen LogP contribution is -1.92. The molecule has 0 atom stereocenters. The molecule has 0 fully saturated rings. The van der Waals surface area contributed by atoms with Crippen LogP contribution in [0.3, 0.4) is 0 Å². The maximum absolute atomic E-state index is 6.24. The molecule has 0 saturated heterocycles. The largest absolute Gasteiger partial charge is 0.454 e. The van der Waals surface area contributed by atoms with E-state index in [2.05, 4.69) is 0 Å². The van der Waals surface area contributed by atoms with Crippen molar-refractivity contribution in [1.82, 2.24) is 0 Å². The van der Waals surface area contributed by atoms with Gasteiger partial charge in [0.2, 0.25) is 0 Å². The second kappa shape index (κ2) is 4.82. The Balaban J connectivity index is 2.06. The summed E-state index contributed by atoms with van der Waals surface area (Å²) in [6.45, 7) is 0. The molecule has 3 aromatic rings. The molecule has 0 bridgehead atoms. The Morgan fingerprint density at radius 3 is 2.16 bits per heavy atom. The third-order valence-corrected chi connectivity index (χ3v) is 3.23. The number of nitrogens with two attached hydrogens (primary N) is 1. The van der Waals surface area contributed by atoms with Gasteiger partial charge < -0.3 is 10.5 Å². The van der Waals surface area contributed by atoms with E-state index in [1.54, 1.807) is 6.07 Å². The molecule has 3 aromatic carbocycles. The maximum atomic E-state index is 6.24. The molecule has 0 unspecified atom stereocenters. The van der Waals surface area contributed by atoms with Gasteiger partial charge in [-0.05, 0) is 35.0 Å². The van der Waals surface area contributed by atoms with E-state index in [1.165, 1.54) is 0 Å². The molecule has 2 nitrogen and oxygen atoms in total. The molecule has 19 heavy (non-hydrogen) atoms. The molecule has 2 N–H and O–H groups in total. The van der Waals surface area contributed by atoms with Crippen molar-refractivity contribution in [2.75, 3.05) is 5.73 Å². The van der Waals surface area contributed by atoms with Gasteiger partial charge in [-0.1, -0.05) is 48.0 Å². The molecule has 94 valence electrons. The van der Waals surface area contributed by atoms with Crippen molar-refractivity contribution in [3.05, 3.63) is 65.7 Å². The predicted octanol–water partition coefficient (Wildman–Crippen LogP) is 4.87. The van der Waals surface area contributed by atoms with Gasteiger partial charge in [0.1, 0.15) is 11.5 Å². The highest BCUT2D eigenvalue weighted by Crippen LogP contribution is 2.35. The second-order valence-electron chi connectivity index (χ2n) is 4.27. The van der Waals surface area contributed by atoms with Crippen molar-refractivity contribution in [1.29, 1.82) is 0 Å². The van der Waals surface area contributed by atoms with E-state index in [0.29, 0.717) is 22.2 Å². The van der Waals surface area contributed by atoms with E-state index in [1.807, 2.05) is 54.6 Å². The van der Waals surface area contributed by atoms with E-state index in [9.17, 15) is 0 Å². The molecular weight excluding hydrogens is 258 g/mol. The van der Waals surface area contributed by atoms with Crippen molar-refractivity contribution in [3.8, 4) is 11.5 Å². The zero-order valence-corrected chi connectivity index (χ0v) is 10.9. The summed E-state index contributed by atoms with van der Waals surface area (Å²) in [6.07, 6.45) is 0. The number of benzene rings is 3. The minimum absolute atomic E-state index is 0.571. The lowest BCUT2D eigenvalue weighted by molar-refractivity contribution is 0.486. The van der Waals surface area contributed by atoms with Crippen LogP contribution in [-0.4, -0.2) is 0 Å². The molecule has 0 aromatic heterocycles. The second-order valence-corrected chi connectivity index (χ2v) is 4.68. The van der Waals surface area contributed by atoms with Crippen LogP contribution in [0.1, 0.15) is 0 Å². The van der Waals surface area contributed by atoms with Gasteiger partial charge in [0.05, 0.1) is 10.7 Å². The molecule has 3 rings (SSSR count). The van der Waals surface area contributed by atoms with Crippen LogP contribution in [0.4, 0.5) is 5.69 Å². The van der Waals surface area contributed by atoms with Gasteiger partial charge in [-0.2, -0.15) is 0 Å². The number of rotatable bonds is 2. The fourth-order valence-corrected chi connectivity index (χ4v) is 2.17. The van der Waals surface area contributed by atoms with Gasteiger partial charge in [0, 0.05) is 0 Å². The molecular formula is C16H12ClNO. The average Bonchev–Trinajstić information content (AvgIpc) is 2.42. The number of fused-ring (bicyclic) bond motifs is 1. The van der Waals surface area contributed by atoms with Gasteiger partial charge in [-0.15, -0.1) is 0 Å². The first-order valence-electron chi connectivity index (χ1n) is 5.95. The zero-order chi connectivity index (χ0) is 13.2. The van der Waals surface area contributed by atoms with E-state index in [0.717, 1.165) is 10.8 Å². The number of hydrogen-bond donors (Lipinski definition) is 1. The summed E-state index contributed by atoms with van der Waals surface area (Å²) in [7, 11) is 0. The molecule has 0 amide bonds. The normalized spacial score (nSPS) is 10.6. The summed E-state index contributed by atoms with van der Waals surface area (Å²) in [5.74, 6) is 1.22. The monoisotopic (exact) mass is 269 g/mol. The Bertz CT molecular complexity index is 740. The first-order valence-corrected chi connectivity index (χ1v) is 6.32. The summed E-state index contributed by atoms with van der Waals surface area (Å²) in [6, 6.07) is 19.2. The lowest BCUT2D eigenvalue weighted by atomic mass is 10.1. The third kappa shape index (κ3) is 2.35. The Hall–Kier alpha value is -2.19. The Kier molecular flexibility index (Phi) is 3.02. The minimum Gasteiger partial charge on any atom is -0.454 e. The van der Waals surface area contributed by atoms with Crippen molar-refractivity contribution in [2.24, 2.45) is 0 Å². The fourth-order valence-electron chi connectivity index (χ4n) is 1.96. The van der Waals surface area contributed by atoms with Crippen molar-refractivity contribution >= 4 is 28.1 Å². The summed E-state index contributed by atoms with van der Waals surface area (Å²) < 4.78 is 5.79. The molecule has 0 heterocycles. The average molecular weight is 270 g/mol. The predicted molar refractivity (Wildman–Crippen MR) is 79.9 cm³/mol. The number of nitrogen functional groups attached to an aromatic ring is 1. The lowest BCUT2D eigenvalue weighted by Gasteiger charge is -2.10. The first-order chi connectivity index (χ1) is 9.24. The van der Waals surface area contributed by atoms with Gasteiger partial charge in [-0.3, -0.25) is 0 Å². The number of para-hydroxylation sites is 2. The number of halogens is 1. The smallest absolute Gasteiger partial charge is 0.150 e. The first kappa shape index (κ1) is 11.9. The SMILES string of the molecule is Nc1ccccc1Oc1cc2ccccc2cc1Cl. The number of hydrogen-bond acceptors (Lipinski definition) is 2. The summed E-state index contributed by atoms with van der Waals surface area (Å²) >= 11 is 6.24. The van der Waals surface area contributed by atoms with Crippen LogP contribution in [0.15, 0.2) is 60.7 Å². The highest BCUT2D eigenvalue weighted by molar-refractivity contribution is 6.32. The topological polar surface area (TPSA) is 35.2 Å². The number of ether oxygens (including phenoxy) is 1. The van der Waals surface area contributed by atoms with Crippen LogP contribution in [0, 0.1) is 0 Å². The minimum atomic E-state index is 0.571. The molecule has 0 aliphatic carbocycles. The van der Waals surface area contributed by atoms with E-state index in [-0.39, 0.29) is 0 Å². The molecule has 0 radical (unpaired) electrons. The van der Waals surface area contributed by atoms with Crippen molar-refractivity contribution < 1.29 is 4.74 Å². The molecule has 3 heteroatoms. The van der Waals surface area contributed by atoms with E-state index < -0.39 is 0 Å². The Morgan fingerprint density at radius 2 is 1.42 bits per heavy atom. The molecule has 0 spiro atoms. The van der Waals surface area contributed by atoms with Crippen molar-refractivity contribution in [3.63, 3.8) is 0 Å². The zero-order valence-electron chi connectivity index (χ0n) is 10.1. The van der Waals surface area contributed by atoms with Crippen LogP contribution < -0.4 is 10.5 Å². The maximum Gasteiger partial charge on any atom is 0.150 e. The Morgan fingerprint density at radius 1 is 0.789 bits per heavy atom. The van der Waals surface area contributed by atoms with Gasteiger partial charge >= 0.3 is 0 Å². The number of anilines is 1. The summed E-state index contributed by atoms with van der Waals surface area (Å²) in [4.78, 5) is 0. The third-order valence-electron chi connectivity index (χ3n) is 2.94. The highest BCUT2D eigenvalue weighted by atomic mass is 35.5. The van der Waals surface area contributed by atoms with Gasteiger partial charge in [-0.25, -0.2) is 0 Å². The van der Waals surface area contributed by atoms with Gasteiger partial charge in [0.15, 0.2) is 0 Å². The highest BCUT2D eigenvalue weighted by Gasteiger charge is 2.07. The van der Waals surface area contributed by atoms with E-state index >= 15 is 0 Å². The fraction of sp³-hybridized carbons (Fsp3) is 0.